The summed E-state index contributed by atoms with van der Waals surface area (Å²) in [5, 5.41) is 17.1. The van der Waals surface area contributed by atoms with Crippen LogP contribution in [0.1, 0.15) is 39.9 Å². The number of likely N-dealkylation sites (tertiary alicyclic amines) is 1. The smallest absolute Gasteiger partial charge is 0.416 e. The molecule has 0 radical (unpaired) electrons. The molecule has 7 rings (SSSR count). The average molecular weight is 801 g/mol. The molecule has 2 amide bonds. The van der Waals surface area contributed by atoms with Crippen molar-refractivity contribution in [3.8, 4) is 17.1 Å². The predicted octanol–water partition coefficient (Wildman–Crippen LogP) is 4.65. The number of aromatic hydroxyl groups is 1. The molecular weight excluding hydrogens is 767 g/mol. The van der Waals surface area contributed by atoms with Gasteiger partial charge in [-0.1, -0.05) is 42.8 Å². The molecule has 14 nitrogen and oxygen atoms in total. The van der Waals surface area contributed by atoms with Crippen molar-refractivity contribution in [1.29, 1.82) is 0 Å². The molecule has 2 aromatic carbocycles. The Hall–Kier alpha value is -5.69. The molecule has 2 aliphatic rings. The third-order valence-corrected chi connectivity index (χ3v) is 9.96. The molecule has 0 aliphatic carbocycles. The van der Waals surface area contributed by atoms with Crippen LogP contribution in [0.2, 0.25) is 5.02 Å². The van der Waals surface area contributed by atoms with Crippen molar-refractivity contribution >= 4 is 40.6 Å². The third kappa shape index (κ3) is 7.60. The van der Waals surface area contributed by atoms with E-state index in [0.717, 1.165) is 22.2 Å². The van der Waals surface area contributed by atoms with Gasteiger partial charge >= 0.3 is 6.18 Å². The number of rotatable bonds is 9. The van der Waals surface area contributed by atoms with Gasteiger partial charge in [0, 0.05) is 38.3 Å². The Labute approximate surface area is 320 Å². The van der Waals surface area contributed by atoms with Gasteiger partial charge in [0.15, 0.2) is 17.3 Å². The van der Waals surface area contributed by atoms with Crippen LogP contribution >= 0.6 is 11.6 Å². The summed E-state index contributed by atoms with van der Waals surface area (Å²) in [7, 11) is 0. The first-order chi connectivity index (χ1) is 26.5. The van der Waals surface area contributed by atoms with E-state index in [-0.39, 0.29) is 90.8 Å². The Morgan fingerprint density at radius 2 is 1.71 bits per heavy atom. The van der Waals surface area contributed by atoms with E-state index in [2.05, 4.69) is 25.4 Å². The highest BCUT2D eigenvalue weighted by molar-refractivity contribution is 6.33. The van der Waals surface area contributed by atoms with Crippen LogP contribution < -0.4 is 15.8 Å². The fourth-order valence-corrected chi connectivity index (χ4v) is 7.05. The highest BCUT2D eigenvalue weighted by Gasteiger charge is 2.43. The lowest BCUT2D eigenvalue weighted by Crippen LogP contribution is -2.55. The molecule has 20 heteroatoms. The van der Waals surface area contributed by atoms with Gasteiger partial charge in [-0.15, -0.1) is 5.10 Å². The number of nitrogens with one attached hydrogen (secondary N) is 1. The minimum absolute atomic E-state index is 0.00886. The maximum Gasteiger partial charge on any atom is 0.416 e. The first-order valence-electron chi connectivity index (χ1n) is 17.5. The zero-order chi connectivity index (χ0) is 40.1. The summed E-state index contributed by atoms with van der Waals surface area (Å²) >= 11 is 6.13. The number of aromatic nitrogens is 6. The van der Waals surface area contributed by atoms with E-state index < -0.39 is 41.6 Å². The molecule has 2 N–H and O–H groups in total. The number of halogens is 6. The van der Waals surface area contributed by atoms with Crippen LogP contribution in [0.25, 0.3) is 17.2 Å². The van der Waals surface area contributed by atoms with Gasteiger partial charge in [0.25, 0.3) is 17.4 Å². The predicted molar refractivity (Wildman–Crippen MR) is 194 cm³/mol. The van der Waals surface area contributed by atoms with Gasteiger partial charge in [-0.2, -0.15) is 22.7 Å². The van der Waals surface area contributed by atoms with Gasteiger partial charge in [0.2, 0.25) is 11.7 Å². The van der Waals surface area contributed by atoms with Crippen LogP contribution in [-0.4, -0.2) is 101 Å². The summed E-state index contributed by atoms with van der Waals surface area (Å²) in [4.78, 5) is 58.6. The van der Waals surface area contributed by atoms with E-state index >= 15 is 0 Å². The number of hydrogen-bond donors (Lipinski definition) is 2. The molecule has 2 aliphatic heterocycles. The fourth-order valence-electron chi connectivity index (χ4n) is 6.82. The van der Waals surface area contributed by atoms with E-state index in [1.54, 1.807) is 47.9 Å². The van der Waals surface area contributed by atoms with Crippen molar-refractivity contribution in [2.24, 2.45) is 0 Å². The summed E-state index contributed by atoms with van der Waals surface area (Å²) in [5.41, 5.74) is 0.401. The number of fused-ring (bicyclic) bond motifs is 1. The van der Waals surface area contributed by atoms with Crippen LogP contribution in [0, 0.1) is 6.92 Å². The Morgan fingerprint density at radius 1 is 1.02 bits per heavy atom. The number of amides is 2. The van der Waals surface area contributed by atoms with Gasteiger partial charge in [0.1, 0.15) is 18.6 Å². The largest absolute Gasteiger partial charge is 0.504 e. The second kappa shape index (κ2) is 14.8. The van der Waals surface area contributed by atoms with Crippen LogP contribution in [0.5, 0.6) is 5.75 Å². The first-order valence-corrected chi connectivity index (χ1v) is 17.8. The van der Waals surface area contributed by atoms with E-state index in [0.29, 0.717) is 23.9 Å². The standard InChI is InChI=1S/C36H34ClF5N10O4/c1-3-26-29(49-10-12-50(13-11-49)32(55)28-30(54)20(2)43-19-44-28)33(56)52-34(51(26)16-27(53)45-25-9-8-23(14-24(25)37)36(40,41)42)46-31(47-52)22-6-4-21(5-7-22)15-48-17-35(38,39)18-48/h4-9,14,19,54H,3,10-13,15-18H2,1-2H3,(H,45,53). The lowest BCUT2D eigenvalue weighted by Gasteiger charge is -2.38. The number of anilines is 2. The lowest BCUT2D eigenvalue weighted by molar-refractivity contribution is -0.137. The number of benzene rings is 2. The second-order valence-corrected chi connectivity index (χ2v) is 14.0. The number of hydrogen-bond acceptors (Lipinski definition) is 10. The number of carbonyl (C=O) groups excluding carboxylic acids is 2. The molecule has 0 bridgehead atoms. The molecule has 2 saturated heterocycles. The summed E-state index contributed by atoms with van der Waals surface area (Å²) in [6.07, 6.45) is -3.23. The van der Waals surface area contributed by atoms with Crippen molar-refractivity contribution in [3.05, 3.63) is 92.4 Å². The highest BCUT2D eigenvalue weighted by atomic mass is 35.5. The summed E-state index contributed by atoms with van der Waals surface area (Å²) < 4.78 is 69.0. The van der Waals surface area contributed by atoms with E-state index in [9.17, 15) is 41.4 Å². The highest BCUT2D eigenvalue weighted by Crippen LogP contribution is 2.34. The number of alkyl halides is 5. The normalized spacial score (nSPS) is 15.9. The lowest BCUT2D eigenvalue weighted by atomic mass is 10.1. The molecule has 0 spiro atoms. The van der Waals surface area contributed by atoms with Gasteiger partial charge in [-0.25, -0.2) is 18.7 Å². The van der Waals surface area contributed by atoms with Crippen LogP contribution in [0.15, 0.2) is 53.6 Å². The topological polar surface area (TPSA) is 154 Å². The number of piperazine rings is 1. The summed E-state index contributed by atoms with van der Waals surface area (Å²) in [6.45, 7) is 3.21. The molecule has 0 unspecified atom stereocenters. The van der Waals surface area contributed by atoms with Gasteiger partial charge in [-0.05, 0) is 37.1 Å². The van der Waals surface area contributed by atoms with Gasteiger partial charge < -0.3 is 24.8 Å². The maximum absolute atomic E-state index is 14.3. The molecule has 5 heterocycles. The molecule has 0 saturated carbocycles. The second-order valence-electron chi connectivity index (χ2n) is 13.6. The van der Waals surface area contributed by atoms with Crippen LogP contribution in [0.4, 0.5) is 33.3 Å². The molecule has 3 aromatic heterocycles. The number of nitrogens with zero attached hydrogens (tertiary/aromatic N) is 9. The van der Waals surface area contributed by atoms with Crippen LogP contribution in [0.3, 0.4) is 0 Å². The minimum Gasteiger partial charge on any atom is -0.504 e. The molecule has 56 heavy (non-hydrogen) atoms. The van der Waals surface area contributed by atoms with Crippen molar-refractivity contribution < 1.29 is 36.6 Å². The fraction of sp³-hybridized carbons (Fsp3) is 0.361. The molecule has 294 valence electrons. The van der Waals surface area contributed by atoms with Crippen molar-refractivity contribution in [2.75, 3.05) is 49.5 Å². The molecule has 0 atom stereocenters. The minimum atomic E-state index is -4.65. The van der Waals surface area contributed by atoms with Crippen molar-refractivity contribution in [3.63, 3.8) is 0 Å². The summed E-state index contributed by atoms with van der Waals surface area (Å²) in [5.74, 6) is -4.07. The zero-order valence-corrected chi connectivity index (χ0v) is 30.7. The average Bonchev–Trinajstić information content (AvgIpc) is 3.60. The van der Waals surface area contributed by atoms with Crippen LogP contribution in [-0.2, 0) is 30.5 Å². The summed E-state index contributed by atoms with van der Waals surface area (Å²) in [6, 6.07) is 9.44. The van der Waals surface area contributed by atoms with Crippen molar-refractivity contribution in [2.45, 2.75) is 45.5 Å². The first kappa shape index (κ1) is 38.6. The van der Waals surface area contributed by atoms with E-state index in [1.165, 1.54) is 15.8 Å². The Kier molecular flexibility index (Phi) is 10.2. The van der Waals surface area contributed by atoms with E-state index in [4.69, 9.17) is 11.6 Å². The molecular formula is C36H34ClF5N10O4. The van der Waals surface area contributed by atoms with Gasteiger partial charge in [-0.3, -0.25) is 19.3 Å². The van der Waals surface area contributed by atoms with Crippen molar-refractivity contribution in [1.82, 2.24) is 38.9 Å². The zero-order valence-electron chi connectivity index (χ0n) is 29.9. The third-order valence-electron chi connectivity index (χ3n) is 9.65. The Bertz CT molecular complexity index is 2390. The number of aryl methyl sites for hydroxylation is 1. The number of carbonyl (C=O) groups is 2. The van der Waals surface area contributed by atoms with E-state index in [1.807, 2.05) is 0 Å². The molecule has 5 aromatic rings. The molecule has 2 fully saturated rings. The Morgan fingerprint density at radius 3 is 2.34 bits per heavy atom. The SMILES string of the molecule is CCc1c(N2CCN(C(=O)c3ncnc(C)c3O)CC2)c(=O)n2nc(-c3ccc(CN4CC(F)(F)C4)cc3)nc2n1CC(=O)Nc1ccc(C(F)(F)F)cc1Cl. The maximum atomic E-state index is 14.3. The Balaban J connectivity index is 1.22. The monoisotopic (exact) mass is 800 g/mol. The quantitative estimate of drug-likeness (QED) is 0.202. The van der Waals surface area contributed by atoms with Gasteiger partial charge in [0.05, 0.1) is 40.8 Å².